The molecule has 0 atom stereocenters. The Balaban J connectivity index is 1.26. The van der Waals surface area contributed by atoms with Crippen molar-refractivity contribution in [1.29, 1.82) is 0 Å². The van der Waals surface area contributed by atoms with Gasteiger partial charge in [-0.15, -0.1) is 0 Å². The predicted molar refractivity (Wildman–Crippen MR) is 162 cm³/mol. The first-order chi connectivity index (χ1) is 16.8. The molecule has 0 aromatic heterocycles. The lowest BCUT2D eigenvalue weighted by Crippen LogP contribution is -2.10. The van der Waals surface area contributed by atoms with Crippen molar-refractivity contribution in [2.24, 2.45) is 0 Å². The maximum Gasteiger partial charge on any atom is 0.0937 e. The van der Waals surface area contributed by atoms with Crippen LogP contribution in [0.2, 0.25) is 0 Å². The fraction of sp³-hybridized carbons (Fsp3) is 0.273. The topological polar surface area (TPSA) is 0 Å². The van der Waals surface area contributed by atoms with Crippen LogP contribution in [0.4, 0.5) is 0 Å². The van der Waals surface area contributed by atoms with E-state index in [1.807, 2.05) is 0 Å². The van der Waals surface area contributed by atoms with E-state index in [4.69, 9.17) is 0 Å². The third-order valence-corrected chi connectivity index (χ3v) is 12.7. The van der Waals surface area contributed by atoms with Gasteiger partial charge in [-0.05, 0) is 65.8 Å². The molecule has 35 heavy (non-hydrogen) atoms. The molecule has 0 aliphatic carbocycles. The molecule has 0 saturated carbocycles. The molecule has 0 nitrogen and oxygen atoms in total. The lowest BCUT2D eigenvalue weighted by molar-refractivity contribution is 0.820. The van der Waals surface area contributed by atoms with Gasteiger partial charge in [0.1, 0.15) is 0 Å². The minimum atomic E-state index is -1.13. The third-order valence-electron chi connectivity index (χ3n) is 7.04. The zero-order chi connectivity index (χ0) is 24.7. The Bertz CT molecular complexity index is 1080. The summed E-state index contributed by atoms with van der Waals surface area (Å²) in [5.74, 6) is 0. The number of hydrogen-bond acceptors (Lipinski definition) is 0. The molecule has 4 rings (SSSR count). The second kappa shape index (κ2) is 11.6. The van der Waals surface area contributed by atoms with Crippen LogP contribution in [0.1, 0.15) is 28.7 Å². The first kappa shape index (κ1) is 25.8. The maximum atomic E-state index is 2.45. The van der Waals surface area contributed by atoms with Crippen LogP contribution in [-0.4, -0.2) is 26.7 Å². The average molecular weight is 499 g/mol. The van der Waals surface area contributed by atoms with E-state index < -0.39 is 14.5 Å². The molecule has 0 radical (unpaired) electrons. The van der Waals surface area contributed by atoms with E-state index >= 15 is 0 Å². The van der Waals surface area contributed by atoms with Crippen molar-refractivity contribution in [3.05, 3.63) is 131 Å². The second-order valence-corrected chi connectivity index (χ2v) is 19.2. The number of rotatable bonds is 10. The summed E-state index contributed by atoms with van der Waals surface area (Å²) in [6, 6.07) is 40.9. The summed E-state index contributed by atoms with van der Waals surface area (Å²) >= 11 is 0. The molecule has 0 amide bonds. The van der Waals surface area contributed by atoms with Crippen molar-refractivity contribution >= 4 is 25.1 Å². The molecule has 0 aliphatic heterocycles. The van der Waals surface area contributed by atoms with E-state index in [0.717, 1.165) is 12.8 Å². The molecule has 0 heterocycles. The van der Waals surface area contributed by atoms with Gasteiger partial charge in [0, 0.05) is 14.5 Å². The van der Waals surface area contributed by atoms with Crippen LogP contribution in [0.5, 0.6) is 0 Å². The Hall–Kier alpha value is -2.26. The molecule has 0 unspecified atom stereocenters. The number of hydrogen-bond donors (Lipinski definition) is 0. The molecule has 0 saturated heterocycles. The number of benzene rings is 4. The monoisotopic (exact) mass is 498 g/mol. The van der Waals surface area contributed by atoms with Gasteiger partial charge in [-0.3, -0.25) is 0 Å². The van der Waals surface area contributed by atoms with E-state index in [1.165, 1.54) is 51.6 Å². The predicted octanol–water partition coefficient (Wildman–Crippen LogP) is 8.07. The highest BCUT2D eigenvalue weighted by atomic mass is 31.2. The molecule has 0 fully saturated rings. The quantitative estimate of drug-likeness (QED) is 0.194. The van der Waals surface area contributed by atoms with Crippen LogP contribution in [-0.2, 0) is 25.2 Å². The maximum absolute atomic E-state index is 2.45. The summed E-state index contributed by atoms with van der Waals surface area (Å²) in [5, 5.41) is 3.03. The SMILES string of the molecule is C[P+](C)(Cc1ccc(CCCc2ccc(C[P+](C)(C)c3ccccc3)cc2)cc1)c1ccccc1. The number of aryl methyl sites for hydroxylation is 2. The van der Waals surface area contributed by atoms with E-state index in [-0.39, 0.29) is 0 Å². The summed E-state index contributed by atoms with van der Waals surface area (Å²) in [6.07, 6.45) is 5.83. The highest BCUT2D eigenvalue weighted by Gasteiger charge is 2.29. The summed E-state index contributed by atoms with van der Waals surface area (Å²) in [6.45, 7) is 9.80. The van der Waals surface area contributed by atoms with E-state index in [9.17, 15) is 0 Å². The van der Waals surface area contributed by atoms with Crippen LogP contribution < -0.4 is 10.6 Å². The molecule has 0 aliphatic rings. The molecule has 2 heteroatoms. The normalized spacial score (nSPS) is 12.0. The van der Waals surface area contributed by atoms with Crippen molar-refractivity contribution in [3.8, 4) is 0 Å². The Kier molecular flexibility index (Phi) is 8.59. The van der Waals surface area contributed by atoms with Crippen LogP contribution in [0.15, 0.2) is 109 Å². The highest BCUT2D eigenvalue weighted by Crippen LogP contribution is 2.53. The Morgan fingerprint density at radius 3 is 1.06 bits per heavy atom. The van der Waals surface area contributed by atoms with Gasteiger partial charge >= 0.3 is 0 Å². The largest absolute Gasteiger partial charge is 0.0937 e. The van der Waals surface area contributed by atoms with Gasteiger partial charge in [-0.25, -0.2) is 0 Å². The van der Waals surface area contributed by atoms with Crippen molar-refractivity contribution < 1.29 is 0 Å². The van der Waals surface area contributed by atoms with Crippen LogP contribution >= 0.6 is 14.5 Å². The molecule has 4 aromatic carbocycles. The van der Waals surface area contributed by atoms with Gasteiger partial charge < -0.3 is 0 Å². The smallest absolute Gasteiger partial charge is 0.0620 e. The van der Waals surface area contributed by atoms with Crippen molar-refractivity contribution in [2.45, 2.75) is 31.6 Å². The average Bonchev–Trinajstić information content (AvgIpc) is 2.87. The standard InChI is InChI=1S/C33H40P2/c1-34(2,32-14-7-5-8-15-32)26-30-22-18-28(19-23-30)12-11-13-29-20-24-31(25-21-29)27-35(3,4)33-16-9-6-10-17-33/h5-10,14-25H,11-13,26-27H2,1-4H3/q+2. The Morgan fingerprint density at radius 1 is 0.400 bits per heavy atom. The first-order valence-electron chi connectivity index (χ1n) is 12.7. The lowest BCUT2D eigenvalue weighted by atomic mass is 10.0. The molecular weight excluding hydrogens is 458 g/mol. The molecule has 4 aromatic rings. The van der Waals surface area contributed by atoms with E-state index in [1.54, 1.807) is 0 Å². The Labute approximate surface area is 214 Å². The van der Waals surface area contributed by atoms with Crippen molar-refractivity contribution in [3.63, 3.8) is 0 Å². The lowest BCUT2D eigenvalue weighted by Gasteiger charge is -2.18. The summed E-state index contributed by atoms with van der Waals surface area (Å²) in [4.78, 5) is 0. The zero-order valence-electron chi connectivity index (χ0n) is 21.8. The van der Waals surface area contributed by atoms with Gasteiger partial charge in [-0.2, -0.15) is 0 Å². The molecule has 0 N–H and O–H groups in total. The van der Waals surface area contributed by atoms with Gasteiger partial charge in [0.25, 0.3) is 0 Å². The van der Waals surface area contributed by atoms with Crippen LogP contribution in [0.3, 0.4) is 0 Å². The summed E-state index contributed by atoms with van der Waals surface area (Å²) in [5.41, 5.74) is 5.84. The van der Waals surface area contributed by atoms with E-state index in [0.29, 0.717) is 0 Å². The molecular formula is C33H40P2+2. The fourth-order valence-electron chi connectivity index (χ4n) is 4.88. The summed E-state index contributed by atoms with van der Waals surface area (Å²) < 4.78 is 0. The zero-order valence-corrected chi connectivity index (χ0v) is 23.6. The highest BCUT2D eigenvalue weighted by molar-refractivity contribution is 7.81. The minimum Gasteiger partial charge on any atom is -0.0620 e. The van der Waals surface area contributed by atoms with Crippen molar-refractivity contribution in [2.75, 3.05) is 26.7 Å². The van der Waals surface area contributed by atoms with Gasteiger partial charge in [0.2, 0.25) is 0 Å². The van der Waals surface area contributed by atoms with E-state index in [2.05, 4.69) is 136 Å². The molecule has 0 bridgehead atoms. The van der Waals surface area contributed by atoms with Gasteiger partial charge in [-0.1, -0.05) is 84.9 Å². The molecule has 0 spiro atoms. The summed E-state index contributed by atoms with van der Waals surface area (Å²) in [7, 11) is -2.25. The second-order valence-electron chi connectivity index (χ2n) is 10.8. The third kappa shape index (κ3) is 7.36. The van der Waals surface area contributed by atoms with Gasteiger partial charge in [0.15, 0.2) is 0 Å². The van der Waals surface area contributed by atoms with Crippen LogP contribution in [0, 0.1) is 0 Å². The fourth-order valence-corrected chi connectivity index (χ4v) is 9.45. The minimum absolute atomic E-state index is 1.13. The van der Waals surface area contributed by atoms with Crippen molar-refractivity contribution in [1.82, 2.24) is 0 Å². The Morgan fingerprint density at radius 2 is 0.714 bits per heavy atom. The molecule has 180 valence electrons. The first-order valence-corrected chi connectivity index (χ1v) is 18.5. The van der Waals surface area contributed by atoms with Gasteiger partial charge in [0.05, 0.1) is 49.6 Å². The van der Waals surface area contributed by atoms with Crippen LogP contribution in [0.25, 0.3) is 0 Å².